The number of nitrogen functional groups attached to an aromatic ring is 1. The summed E-state index contributed by atoms with van der Waals surface area (Å²) in [7, 11) is 1.57. The van der Waals surface area contributed by atoms with Crippen molar-refractivity contribution >= 4 is 17.4 Å². The van der Waals surface area contributed by atoms with Crippen molar-refractivity contribution < 1.29 is 9.63 Å². The molecule has 0 aromatic carbocycles. The van der Waals surface area contributed by atoms with E-state index in [2.05, 4.69) is 24.9 Å². The van der Waals surface area contributed by atoms with E-state index in [4.69, 9.17) is 10.6 Å². The minimum absolute atomic E-state index is 0.117. The van der Waals surface area contributed by atoms with Gasteiger partial charge in [-0.3, -0.25) is 14.7 Å². The fourth-order valence-electron chi connectivity index (χ4n) is 4.93. The van der Waals surface area contributed by atoms with Gasteiger partial charge in [-0.25, -0.2) is 4.98 Å². The van der Waals surface area contributed by atoms with Gasteiger partial charge in [0.05, 0.1) is 5.69 Å². The lowest BCUT2D eigenvalue weighted by molar-refractivity contribution is -0.138. The Morgan fingerprint density at radius 3 is 2.52 bits per heavy atom. The molecule has 4 heterocycles. The Kier molecular flexibility index (Phi) is 7.54. The second kappa shape index (κ2) is 10.7. The van der Waals surface area contributed by atoms with Gasteiger partial charge >= 0.3 is 0 Å². The van der Waals surface area contributed by atoms with Gasteiger partial charge in [-0.2, -0.15) is 0 Å². The maximum Gasteiger partial charge on any atom is 0.225 e. The molecule has 2 N–H and O–H groups in total. The molecular weight excluding hydrogens is 416 g/mol. The van der Waals surface area contributed by atoms with Crippen LogP contribution in [0.4, 0.5) is 5.82 Å². The quantitative estimate of drug-likeness (QED) is 0.537. The lowest BCUT2D eigenvalue weighted by atomic mass is 9.88. The number of aryl methyl sites for hydroxylation is 1. The molecule has 33 heavy (non-hydrogen) atoms. The summed E-state index contributed by atoms with van der Waals surface area (Å²) in [6.45, 7) is 6.21. The van der Waals surface area contributed by atoms with Crippen molar-refractivity contribution in [2.75, 3.05) is 39.0 Å². The zero-order valence-electron chi connectivity index (χ0n) is 19.6. The molecule has 0 bridgehead atoms. The van der Waals surface area contributed by atoms with Crippen LogP contribution in [0.3, 0.4) is 0 Å². The predicted molar refractivity (Wildman–Crippen MR) is 128 cm³/mol. The monoisotopic (exact) mass is 450 g/mol. The maximum atomic E-state index is 13.2. The van der Waals surface area contributed by atoms with Crippen LogP contribution in [0.5, 0.6) is 0 Å². The number of carbonyl (C=O) groups excluding carboxylic acids is 1. The summed E-state index contributed by atoms with van der Waals surface area (Å²) in [5.41, 5.74) is 9.68. The first-order chi connectivity index (χ1) is 16.0. The van der Waals surface area contributed by atoms with E-state index in [-0.39, 0.29) is 11.8 Å². The fourth-order valence-corrected chi connectivity index (χ4v) is 4.93. The van der Waals surface area contributed by atoms with E-state index in [1.807, 2.05) is 37.3 Å². The second-order valence-corrected chi connectivity index (χ2v) is 9.06. The van der Waals surface area contributed by atoms with Gasteiger partial charge in [0.1, 0.15) is 18.6 Å². The van der Waals surface area contributed by atoms with E-state index in [0.717, 1.165) is 75.5 Å². The van der Waals surface area contributed by atoms with Gasteiger partial charge in [-0.05, 0) is 75.5 Å². The van der Waals surface area contributed by atoms with E-state index in [1.54, 1.807) is 13.3 Å². The molecule has 0 spiro atoms. The van der Waals surface area contributed by atoms with Gasteiger partial charge in [0, 0.05) is 43.4 Å². The predicted octanol–water partition coefficient (Wildman–Crippen LogP) is 2.87. The average molecular weight is 451 g/mol. The standard InChI is InChI=1S/C25H34N6O2/c1-18-4-3-5-22(28-18)24(29-33-2)20-9-14-31(15-10-20)25(32)21-7-12-30(13-8-21)17-19-6-11-27-23(26)16-19/h3-6,11,16,20-21H,7-10,12-15,17H2,1-2H3,(H2,26,27)/b29-24+. The summed E-state index contributed by atoms with van der Waals surface area (Å²) in [6, 6.07) is 9.89. The van der Waals surface area contributed by atoms with Gasteiger partial charge < -0.3 is 15.5 Å². The van der Waals surface area contributed by atoms with Crippen LogP contribution in [-0.4, -0.2) is 64.7 Å². The van der Waals surface area contributed by atoms with Crippen LogP contribution in [0.2, 0.25) is 0 Å². The molecular formula is C25H34N6O2. The molecule has 4 rings (SSSR count). The molecule has 2 aromatic heterocycles. The van der Waals surface area contributed by atoms with Crippen LogP contribution in [0.25, 0.3) is 0 Å². The highest BCUT2D eigenvalue weighted by Crippen LogP contribution is 2.26. The third kappa shape index (κ3) is 5.87. The topological polar surface area (TPSA) is 96.9 Å². The zero-order chi connectivity index (χ0) is 23.2. The number of nitrogens with zero attached hydrogens (tertiary/aromatic N) is 5. The third-order valence-corrected chi connectivity index (χ3v) is 6.72. The number of oxime groups is 1. The Bertz CT molecular complexity index is 978. The Morgan fingerprint density at radius 2 is 1.85 bits per heavy atom. The van der Waals surface area contributed by atoms with Gasteiger partial charge in [0.15, 0.2) is 0 Å². The number of likely N-dealkylation sites (tertiary alicyclic amines) is 2. The lowest BCUT2D eigenvalue weighted by Crippen LogP contribution is -2.46. The minimum atomic E-state index is 0.117. The number of carbonyl (C=O) groups is 1. The van der Waals surface area contributed by atoms with E-state index in [0.29, 0.717) is 11.7 Å². The van der Waals surface area contributed by atoms with Crippen LogP contribution >= 0.6 is 0 Å². The summed E-state index contributed by atoms with van der Waals surface area (Å²) in [5, 5.41) is 4.30. The Labute approximate surface area is 195 Å². The van der Waals surface area contributed by atoms with Crippen molar-refractivity contribution in [2.24, 2.45) is 17.0 Å². The zero-order valence-corrected chi connectivity index (χ0v) is 19.6. The Morgan fingerprint density at radius 1 is 1.12 bits per heavy atom. The van der Waals surface area contributed by atoms with Gasteiger partial charge in [-0.1, -0.05) is 11.2 Å². The number of nitrogens with two attached hydrogens (primary N) is 1. The molecule has 8 heteroatoms. The number of hydrogen-bond donors (Lipinski definition) is 1. The first-order valence-corrected chi connectivity index (χ1v) is 11.8. The van der Waals surface area contributed by atoms with E-state index in [1.165, 1.54) is 5.56 Å². The van der Waals surface area contributed by atoms with Crippen molar-refractivity contribution in [3.05, 3.63) is 53.5 Å². The van der Waals surface area contributed by atoms with Crippen LogP contribution in [-0.2, 0) is 16.2 Å². The average Bonchev–Trinajstić information content (AvgIpc) is 2.83. The highest BCUT2D eigenvalue weighted by Gasteiger charge is 2.32. The number of pyridine rings is 2. The smallest absolute Gasteiger partial charge is 0.225 e. The molecule has 2 aliphatic heterocycles. The SMILES string of the molecule is CO/N=C(/c1cccc(C)n1)C1CCN(C(=O)C2CCN(Cc3ccnc(N)c3)CC2)CC1. The molecule has 0 atom stereocenters. The van der Waals surface area contributed by atoms with Crippen molar-refractivity contribution in [3.8, 4) is 0 Å². The van der Waals surface area contributed by atoms with Crippen molar-refractivity contribution in [3.63, 3.8) is 0 Å². The van der Waals surface area contributed by atoms with Crippen LogP contribution in [0.1, 0.15) is 42.6 Å². The molecule has 0 unspecified atom stereocenters. The molecule has 0 radical (unpaired) electrons. The molecule has 0 saturated carbocycles. The number of rotatable bonds is 6. The largest absolute Gasteiger partial charge is 0.399 e. The maximum absolute atomic E-state index is 13.2. The molecule has 8 nitrogen and oxygen atoms in total. The number of hydrogen-bond acceptors (Lipinski definition) is 7. The number of aromatic nitrogens is 2. The molecule has 1 amide bonds. The van der Waals surface area contributed by atoms with Crippen LogP contribution in [0, 0.1) is 18.8 Å². The molecule has 2 saturated heterocycles. The number of anilines is 1. The van der Waals surface area contributed by atoms with E-state index in [9.17, 15) is 4.79 Å². The molecule has 2 aliphatic rings. The van der Waals surface area contributed by atoms with Crippen LogP contribution < -0.4 is 5.73 Å². The fraction of sp³-hybridized carbons (Fsp3) is 0.520. The van der Waals surface area contributed by atoms with E-state index < -0.39 is 0 Å². The van der Waals surface area contributed by atoms with E-state index >= 15 is 0 Å². The van der Waals surface area contributed by atoms with Gasteiger partial charge in [0.2, 0.25) is 5.91 Å². The number of amides is 1. The van der Waals surface area contributed by atoms with Crippen molar-refractivity contribution in [2.45, 2.75) is 39.2 Å². The first-order valence-electron chi connectivity index (χ1n) is 11.8. The van der Waals surface area contributed by atoms with Crippen molar-refractivity contribution in [1.82, 2.24) is 19.8 Å². The lowest BCUT2D eigenvalue weighted by Gasteiger charge is -2.37. The normalized spacial score (nSPS) is 19.0. The highest BCUT2D eigenvalue weighted by atomic mass is 16.6. The highest BCUT2D eigenvalue weighted by molar-refractivity contribution is 6.00. The summed E-state index contributed by atoms with van der Waals surface area (Å²) < 4.78 is 0. The Hall–Kier alpha value is -3.00. The third-order valence-electron chi connectivity index (χ3n) is 6.72. The van der Waals surface area contributed by atoms with Gasteiger partial charge in [0.25, 0.3) is 0 Å². The molecule has 2 aromatic rings. The van der Waals surface area contributed by atoms with Crippen LogP contribution in [0.15, 0.2) is 41.7 Å². The first kappa shape index (κ1) is 23.2. The molecule has 0 aliphatic carbocycles. The van der Waals surface area contributed by atoms with Crippen molar-refractivity contribution in [1.29, 1.82) is 0 Å². The summed E-state index contributed by atoms with van der Waals surface area (Å²) >= 11 is 0. The summed E-state index contributed by atoms with van der Waals surface area (Å²) in [6.07, 6.45) is 5.33. The molecule has 2 fully saturated rings. The number of piperidine rings is 2. The van der Waals surface area contributed by atoms with Gasteiger partial charge in [-0.15, -0.1) is 0 Å². The minimum Gasteiger partial charge on any atom is -0.399 e. The second-order valence-electron chi connectivity index (χ2n) is 9.06. The Balaban J connectivity index is 1.28. The summed E-state index contributed by atoms with van der Waals surface area (Å²) in [4.78, 5) is 31.5. The summed E-state index contributed by atoms with van der Waals surface area (Å²) in [5.74, 6) is 1.22. The molecule has 176 valence electrons.